The molecule has 0 spiro atoms. The highest BCUT2D eigenvalue weighted by molar-refractivity contribution is 5.98. The zero-order chi connectivity index (χ0) is 22.0. The Morgan fingerprint density at radius 2 is 1.72 bits per heavy atom. The van der Waals surface area contributed by atoms with Crippen LogP contribution in [0.4, 0.5) is 10.5 Å². The SMILES string of the molecule is CC.CO/N=C(/C)c1nc(C)nc(Oc2ccccc2N(OC)C(=O)OC)c1C. The number of methoxy groups -OCH3 is 1. The molecule has 9 nitrogen and oxygen atoms in total. The number of carbonyl (C=O) groups excluding carboxylic acids is 1. The van der Waals surface area contributed by atoms with Crippen LogP contribution in [0.5, 0.6) is 11.6 Å². The number of hydrogen-bond acceptors (Lipinski definition) is 8. The first-order valence-corrected chi connectivity index (χ1v) is 9.05. The van der Waals surface area contributed by atoms with Gasteiger partial charge in [-0.25, -0.2) is 9.78 Å². The highest BCUT2D eigenvalue weighted by atomic mass is 16.7. The number of hydrogen-bond donors (Lipinski definition) is 0. The van der Waals surface area contributed by atoms with Crippen molar-refractivity contribution in [2.45, 2.75) is 34.6 Å². The first kappa shape index (κ1) is 23.8. The van der Waals surface area contributed by atoms with Crippen molar-refractivity contribution >= 4 is 17.5 Å². The van der Waals surface area contributed by atoms with E-state index in [0.29, 0.717) is 40.1 Å². The van der Waals surface area contributed by atoms with E-state index in [1.165, 1.54) is 21.3 Å². The fraction of sp³-hybridized carbons (Fsp3) is 0.400. The maximum absolute atomic E-state index is 12.0. The third kappa shape index (κ3) is 5.89. The number of nitrogens with zero attached hydrogens (tertiary/aromatic N) is 4. The second-order valence-corrected chi connectivity index (χ2v) is 5.43. The lowest BCUT2D eigenvalue weighted by molar-refractivity contribution is 0.115. The molecule has 1 aromatic heterocycles. The van der Waals surface area contributed by atoms with E-state index in [9.17, 15) is 4.79 Å². The minimum Gasteiger partial charge on any atom is -0.451 e. The Morgan fingerprint density at radius 1 is 1.07 bits per heavy atom. The van der Waals surface area contributed by atoms with Crippen LogP contribution in [0.25, 0.3) is 0 Å². The molecule has 1 amide bonds. The number of rotatable bonds is 6. The van der Waals surface area contributed by atoms with Gasteiger partial charge in [0.05, 0.1) is 19.9 Å². The molecule has 29 heavy (non-hydrogen) atoms. The topological polar surface area (TPSA) is 95.4 Å². The number of para-hydroxylation sites is 2. The van der Waals surface area contributed by atoms with E-state index in [4.69, 9.17) is 19.1 Å². The average Bonchev–Trinajstić information content (AvgIpc) is 2.73. The van der Waals surface area contributed by atoms with Crippen molar-refractivity contribution in [2.24, 2.45) is 5.16 Å². The van der Waals surface area contributed by atoms with E-state index < -0.39 is 6.09 Å². The summed E-state index contributed by atoms with van der Waals surface area (Å²) in [6, 6.07) is 6.87. The lowest BCUT2D eigenvalue weighted by Crippen LogP contribution is -2.29. The Bertz CT molecular complexity index is 855. The van der Waals surface area contributed by atoms with Gasteiger partial charge in [0.1, 0.15) is 24.3 Å². The summed E-state index contributed by atoms with van der Waals surface area (Å²) in [5, 5.41) is 4.90. The summed E-state index contributed by atoms with van der Waals surface area (Å²) in [5.41, 5.74) is 2.24. The van der Waals surface area contributed by atoms with Crippen LogP contribution in [-0.4, -0.2) is 43.1 Å². The van der Waals surface area contributed by atoms with E-state index in [1.54, 1.807) is 38.1 Å². The number of benzene rings is 1. The van der Waals surface area contributed by atoms with E-state index in [0.717, 1.165) is 5.06 Å². The molecule has 0 unspecified atom stereocenters. The molecule has 0 aliphatic carbocycles. The van der Waals surface area contributed by atoms with E-state index in [1.807, 2.05) is 20.8 Å². The van der Waals surface area contributed by atoms with Gasteiger partial charge in [-0.3, -0.25) is 4.84 Å². The summed E-state index contributed by atoms with van der Waals surface area (Å²) >= 11 is 0. The molecule has 158 valence electrons. The fourth-order valence-corrected chi connectivity index (χ4v) is 2.40. The second kappa shape index (κ2) is 11.6. The van der Waals surface area contributed by atoms with Crippen LogP contribution in [0, 0.1) is 13.8 Å². The van der Waals surface area contributed by atoms with Crippen molar-refractivity contribution in [2.75, 3.05) is 26.4 Å². The average molecular weight is 404 g/mol. The van der Waals surface area contributed by atoms with Crippen LogP contribution in [-0.2, 0) is 14.4 Å². The summed E-state index contributed by atoms with van der Waals surface area (Å²) in [6.45, 7) is 9.34. The van der Waals surface area contributed by atoms with Crippen molar-refractivity contribution in [1.82, 2.24) is 9.97 Å². The van der Waals surface area contributed by atoms with Crippen LogP contribution in [0.2, 0.25) is 0 Å². The van der Waals surface area contributed by atoms with Crippen molar-refractivity contribution in [3.05, 3.63) is 41.3 Å². The van der Waals surface area contributed by atoms with Gasteiger partial charge in [-0.1, -0.05) is 31.1 Å². The van der Waals surface area contributed by atoms with Crippen LogP contribution in [0.15, 0.2) is 29.4 Å². The lowest BCUT2D eigenvalue weighted by atomic mass is 10.2. The fourth-order valence-electron chi connectivity index (χ4n) is 2.40. The standard InChI is InChI=1S/C18H22N4O5.C2H6/c1-11-16(12(2)21-25-5)19-13(3)20-17(11)27-15-10-8-7-9-14(15)22(26-6)18(23)24-4;1-2/h7-10H,1-6H3;1-2H3/b21-12-;. The van der Waals surface area contributed by atoms with Gasteiger partial charge in [-0.2, -0.15) is 4.98 Å². The number of aryl methyl sites for hydroxylation is 1. The molecular formula is C20H28N4O5. The van der Waals surface area contributed by atoms with Gasteiger partial charge < -0.3 is 14.3 Å². The summed E-state index contributed by atoms with van der Waals surface area (Å²) in [6.07, 6.45) is -0.687. The van der Waals surface area contributed by atoms with Crippen molar-refractivity contribution in [1.29, 1.82) is 0 Å². The van der Waals surface area contributed by atoms with Gasteiger partial charge in [0.15, 0.2) is 5.75 Å². The predicted octanol–water partition coefficient (Wildman–Crippen LogP) is 4.42. The number of oxime groups is 1. The molecule has 0 saturated heterocycles. The Morgan fingerprint density at radius 3 is 2.31 bits per heavy atom. The maximum atomic E-state index is 12.0. The third-order valence-electron chi connectivity index (χ3n) is 3.60. The molecular weight excluding hydrogens is 376 g/mol. The van der Waals surface area contributed by atoms with Crippen LogP contribution in [0.3, 0.4) is 0 Å². The molecule has 0 aliphatic heterocycles. The molecule has 0 atom stereocenters. The maximum Gasteiger partial charge on any atom is 0.438 e. The zero-order valence-corrected chi connectivity index (χ0v) is 18.1. The number of ether oxygens (including phenoxy) is 2. The molecule has 1 heterocycles. The van der Waals surface area contributed by atoms with Crippen molar-refractivity contribution in [3.63, 3.8) is 0 Å². The quantitative estimate of drug-likeness (QED) is 0.519. The molecule has 0 aliphatic rings. The Balaban J connectivity index is 0.00000204. The normalized spacial score (nSPS) is 10.6. The van der Waals surface area contributed by atoms with Gasteiger partial charge in [-0.15, -0.1) is 5.06 Å². The largest absolute Gasteiger partial charge is 0.451 e. The molecule has 9 heteroatoms. The number of aromatic nitrogens is 2. The molecule has 0 N–H and O–H groups in total. The highest BCUT2D eigenvalue weighted by Crippen LogP contribution is 2.33. The molecule has 0 fully saturated rings. The minimum atomic E-state index is -0.687. The highest BCUT2D eigenvalue weighted by Gasteiger charge is 2.22. The first-order valence-electron chi connectivity index (χ1n) is 9.05. The van der Waals surface area contributed by atoms with Crippen molar-refractivity contribution < 1.29 is 23.9 Å². The Labute approximate surface area is 171 Å². The van der Waals surface area contributed by atoms with Gasteiger partial charge in [-0.05, 0) is 32.9 Å². The number of carbonyl (C=O) groups is 1. The first-order chi connectivity index (χ1) is 13.9. The zero-order valence-electron chi connectivity index (χ0n) is 18.1. The molecule has 0 radical (unpaired) electrons. The third-order valence-corrected chi connectivity index (χ3v) is 3.60. The second-order valence-electron chi connectivity index (χ2n) is 5.43. The van der Waals surface area contributed by atoms with Gasteiger partial charge in [0, 0.05) is 5.56 Å². The molecule has 1 aromatic carbocycles. The monoisotopic (exact) mass is 404 g/mol. The Kier molecular flexibility index (Phi) is 9.54. The number of anilines is 1. The van der Waals surface area contributed by atoms with Gasteiger partial charge in [0.2, 0.25) is 5.88 Å². The molecule has 2 rings (SSSR count). The van der Waals surface area contributed by atoms with Crippen molar-refractivity contribution in [3.8, 4) is 11.6 Å². The summed E-state index contributed by atoms with van der Waals surface area (Å²) in [4.78, 5) is 30.7. The number of hydroxylamine groups is 1. The molecule has 0 bridgehead atoms. The van der Waals surface area contributed by atoms with Gasteiger partial charge >= 0.3 is 6.09 Å². The lowest BCUT2D eigenvalue weighted by Gasteiger charge is -2.21. The molecule has 0 saturated carbocycles. The number of amides is 1. The van der Waals surface area contributed by atoms with Gasteiger partial charge in [0.25, 0.3) is 0 Å². The van der Waals surface area contributed by atoms with Crippen LogP contribution in [0.1, 0.15) is 37.9 Å². The molecule has 2 aromatic rings. The minimum absolute atomic E-state index is 0.330. The Hall–Kier alpha value is -3.20. The van der Waals surface area contributed by atoms with Crippen LogP contribution >= 0.6 is 0 Å². The van der Waals surface area contributed by atoms with Crippen LogP contribution < -0.4 is 9.80 Å². The van der Waals surface area contributed by atoms with E-state index in [2.05, 4.69) is 15.1 Å². The summed E-state index contributed by atoms with van der Waals surface area (Å²) < 4.78 is 10.7. The summed E-state index contributed by atoms with van der Waals surface area (Å²) in [7, 11) is 4.09. The van der Waals surface area contributed by atoms with E-state index in [-0.39, 0.29) is 0 Å². The smallest absolute Gasteiger partial charge is 0.438 e. The summed E-state index contributed by atoms with van der Waals surface area (Å²) in [5.74, 6) is 1.19. The predicted molar refractivity (Wildman–Crippen MR) is 110 cm³/mol. The van der Waals surface area contributed by atoms with E-state index >= 15 is 0 Å².